The number of aliphatic carboxylic acids is 1. The highest BCUT2D eigenvalue weighted by molar-refractivity contribution is 7.89. The van der Waals surface area contributed by atoms with Crippen molar-refractivity contribution in [2.75, 3.05) is 6.54 Å². The van der Waals surface area contributed by atoms with Crippen molar-refractivity contribution in [3.8, 4) is 6.07 Å². The van der Waals surface area contributed by atoms with E-state index in [-0.39, 0.29) is 23.7 Å². The molecule has 1 aromatic rings. The zero-order valence-electron chi connectivity index (χ0n) is 12.0. The van der Waals surface area contributed by atoms with E-state index >= 15 is 0 Å². The van der Waals surface area contributed by atoms with E-state index in [1.54, 1.807) is 0 Å². The van der Waals surface area contributed by atoms with E-state index in [1.165, 1.54) is 13.8 Å². The van der Waals surface area contributed by atoms with Crippen LogP contribution >= 0.6 is 0 Å². The van der Waals surface area contributed by atoms with E-state index in [0.29, 0.717) is 25.0 Å². The number of unbranched alkanes of at least 4 members (excludes halogenated alkanes) is 2. The summed E-state index contributed by atoms with van der Waals surface area (Å²) in [7, 11) is -3.73. The van der Waals surface area contributed by atoms with Crippen LogP contribution in [0.15, 0.2) is 4.90 Å². The van der Waals surface area contributed by atoms with Crippen LogP contribution in [-0.4, -0.2) is 35.8 Å². The molecule has 0 atom stereocenters. The van der Waals surface area contributed by atoms with Gasteiger partial charge in [0.1, 0.15) is 11.4 Å². The van der Waals surface area contributed by atoms with Gasteiger partial charge in [-0.3, -0.25) is 9.48 Å². The van der Waals surface area contributed by atoms with Gasteiger partial charge in [-0.2, -0.15) is 10.4 Å². The van der Waals surface area contributed by atoms with Gasteiger partial charge in [-0.15, -0.1) is 0 Å². The number of aromatic nitrogens is 2. The minimum Gasteiger partial charge on any atom is -0.480 e. The second-order valence-corrected chi connectivity index (χ2v) is 6.27. The first-order chi connectivity index (χ1) is 9.79. The van der Waals surface area contributed by atoms with Crippen LogP contribution in [-0.2, 0) is 21.4 Å². The van der Waals surface area contributed by atoms with Crippen LogP contribution in [0.3, 0.4) is 0 Å². The lowest BCUT2D eigenvalue weighted by Crippen LogP contribution is -2.26. The first kappa shape index (κ1) is 17.1. The number of hydrogen-bond donors (Lipinski definition) is 2. The molecular formula is C12H18N4O4S. The van der Waals surface area contributed by atoms with Crippen LogP contribution in [0.2, 0.25) is 0 Å². The molecule has 21 heavy (non-hydrogen) atoms. The molecule has 8 nitrogen and oxygen atoms in total. The molecule has 0 saturated carbocycles. The Kier molecular flexibility index (Phi) is 5.87. The second-order valence-electron chi connectivity index (χ2n) is 4.56. The molecule has 1 aromatic heterocycles. The molecule has 0 radical (unpaired) electrons. The lowest BCUT2D eigenvalue weighted by Gasteiger charge is -2.07. The van der Waals surface area contributed by atoms with E-state index < -0.39 is 16.0 Å². The fourth-order valence-electron chi connectivity index (χ4n) is 1.96. The van der Waals surface area contributed by atoms with E-state index in [2.05, 4.69) is 9.82 Å². The Bertz CT molecular complexity index is 658. The predicted molar refractivity (Wildman–Crippen MR) is 74.0 cm³/mol. The molecule has 2 N–H and O–H groups in total. The molecule has 0 unspecified atom stereocenters. The molecule has 9 heteroatoms. The van der Waals surface area contributed by atoms with Crippen molar-refractivity contribution in [1.29, 1.82) is 5.26 Å². The molecule has 0 bridgehead atoms. The minimum absolute atomic E-state index is 0.0176. The van der Waals surface area contributed by atoms with E-state index in [0.717, 1.165) is 4.68 Å². The molecule has 0 fully saturated rings. The fraction of sp³-hybridized carbons (Fsp3) is 0.583. The van der Waals surface area contributed by atoms with Crippen LogP contribution in [0.1, 0.15) is 30.7 Å². The van der Waals surface area contributed by atoms with Gasteiger partial charge in [0, 0.05) is 13.0 Å². The molecule has 0 aromatic carbocycles. The third kappa shape index (κ3) is 4.54. The van der Waals surface area contributed by atoms with Gasteiger partial charge in [-0.05, 0) is 26.7 Å². The topological polar surface area (TPSA) is 125 Å². The summed E-state index contributed by atoms with van der Waals surface area (Å²) in [5.74, 6) is -1.09. The lowest BCUT2D eigenvalue weighted by molar-refractivity contribution is -0.137. The summed E-state index contributed by atoms with van der Waals surface area (Å²) in [6.45, 7) is 2.89. The van der Waals surface area contributed by atoms with Crippen molar-refractivity contribution < 1.29 is 18.3 Å². The highest BCUT2D eigenvalue weighted by Crippen LogP contribution is 2.19. The van der Waals surface area contributed by atoms with Crippen molar-refractivity contribution >= 4 is 16.0 Å². The summed E-state index contributed by atoms with van der Waals surface area (Å²) in [4.78, 5) is 10.7. The quantitative estimate of drug-likeness (QED) is 0.675. The van der Waals surface area contributed by atoms with Crippen LogP contribution < -0.4 is 4.72 Å². The molecule has 1 heterocycles. The smallest absolute Gasteiger partial charge is 0.325 e. The Labute approximate surface area is 123 Å². The number of nitrogens with one attached hydrogen (secondary N) is 1. The Morgan fingerprint density at radius 2 is 2.10 bits per heavy atom. The predicted octanol–water partition coefficient (Wildman–Crippen LogP) is 0.557. The Hall–Kier alpha value is -1.92. The number of carboxylic acid groups (broad SMARTS) is 1. The Balaban J connectivity index is 2.86. The lowest BCUT2D eigenvalue weighted by atomic mass is 10.2. The Morgan fingerprint density at radius 3 is 2.67 bits per heavy atom. The molecule has 0 saturated heterocycles. The molecule has 0 aliphatic heterocycles. The second kappa shape index (κ2) is 7.19. The van der Waals surface area contributed by atoms with E-state index in [1.807, 2.05) is 6.07 Å². The maximum atomic E-state index is 12.2. The molecular weight excluding hydrogens is 296 g/mol. The summed E-state index contributed by atoms with van der Waals surface area (Å²) in [6.07, 6.45) is 1.57. The van der Waals surface area contributed by atoms with Gasteiger partial charge in [0.05, 0.1) is 17.5 Å². The first-order valence-corrected chi connectivity index (χ1v) is 7.90. The minimum atomic E-state index is -3.73. The summed E-state index contributed by atoms with van der Waals surface area (Å²) >= 11 is 0. The zero-order chi connectivity index (χ0) is 16.0. The van der Waals surface area contributed by atoms with Crippen molar-refractivity contribution in [3.63, 3.8) is 0 Å². The van der Waals surface area contributed by atoms with E-state index in [9.17, 15) is 13.2 Å². The number of carboxylic acids is 1. The maximum Gasteiger partial charge on any atom is 0.325 e. The van der Waals surface area contributed by atoms with Crippen molar-refractivity contribution in [1.82, 2.24) is 14.5 Å². The standard InChI is InChI=1S/C12H18N4O4S/c1-9-12(10(2)16(15-9)8-11(17)18)21(19,20)14-7-5-3-4-6-13/h14H,3-5,7-8H2,1-2H3,(H,17,18). The number of hydrogen-bond acceptors (Lipinski definition) is 5. The average molecular weight is 314 g/mol. The summed E-state index contributed by atoms with van der Waals surface area (Å²) in [6, 6.07) is 1.99. The average Bonchev–Trinajstić information content (AvgIpc) is 2.63. The SMILES string of the molecule is Cc1nn(CC(=O)O)c(C)c1S(=O)(=O)NCCCCC#N. The fourth-order valence-corrected chi connectivity index (χ4v) is 3.44. The molecule has 1 rings (SSSR count). The third-order valence-electron chi connectivity index (χ3n) is 2.88. The molecule has 116 valence electrons. The van der Waals surface area contributed by atoms with Crippen LogP contribution in [0.4, 0.5) is 0 Å². The molecule has 0 aliphatic carbocycles. The maximum absolute atomic E-state index is 12.2. The Morgan fingerprint density at radius 1 is 1.43 bits per heavy atom. The van der Waals surface area contributed by atoms with Gasteiger partial charge >= 0.3 is 5.97 Å². The zero-order valence-corrected chi connectivity index (χ0v) is 12.8. The van der Waals surface area contributed by atoms with Crippen LogP contribution in [0.5, 0.6) is 0 Å². The largest absolute Gasteiger partial charge is 0.480 e. The number of rotatable bonds is 8. The summed E-state index contributed by atoms with van der Waals surface area (Å²) < 4.78 is 28.1. The van der Waals surface area contributed by atoms with Crippen LogP contribution in [0.25, 0.3) is 0 Å². The van der Waals surface area contributed by atoms with Crippen molar-refractivity contribution in [2.24, 2.45) is 0 Å². The number of nitrogens with zero attached hydrogens (tertiary/aromatic N) is 3. The van der Waals surface area contributed by atoms with Crippen molar-refractivity contribution in [3.05, 3.63) is 11.4 Å². The van der Waals surface area contributed by atoms with Crippen LogP contribution in [0, 0.1) is 25.2 Å². The number of nitriles is 1. The highest BCUT2D eigenvalue weighted by Gasteiger charge is 2.24. The molecule has 0 amide bonds. The third-order valence-corrected chi connectivity index (χ3v) is 4.59. The summed E-state index contributed by atoms with van der Waals surface area (Å²) in [5.41, 5.74) is 0.553. The first-order valence-electron chi connectivity index (χ1n) is 6.42. The molecule has 0 aliphatic rings. The molecule has 0 spiro atoms. The van der Waals surface area contributed by atoms with Crippen molar-refractivity contribution in [2.45, 2.75) is 44.6 Å². The van der Waals surface area contributed by atoms with Gasteiger partial charge in [0.15, 0.2) is 0 Å². The number of sulfonamides is 1. The monoisotopic (exact) mass is 314 g/mol. The van der Waals surface area contributed by atoms with Gasteiger partial charge in [0.2, 0.25) is 10.0 Å². The van der Waals surface area contributed by atoms with Gasteiger partial charge in [0.25, 0.3) is 0 Å². The number of carbonyl (C=O) groups is 1. The highest BCUT2D eigenvalue weighted by atomic mass is 32.2. The number of aryl methyl sites for hydroxylation is 1. The normalized spacial score (nSPS) is 11.3. The van der Waals surface area contributed by atoms with E-state index in [4.69, 9.17) is 10.4 Å². The van der Waals surface area contributed by atoms with Gasteiger partial charge in [-0.25, -0.2) is 13.1 Å². The van der Waals surface area contributed by atoms with Gasteiger partial charge < -0.3 is 5.11 Å². The van der Waals surface area contributed by atoms with Gasteiger partial charge in [-0.1, -0.05) is 0 Å². The summed E-state index contributed by atoms with van der Waals surface area (Å²) in [5, 5.41) is 21.1.